The van der Waals surface area contributed by atoms with Crippen LogP contribution in [0, 0.1) is 0 Å². The van der Waals surface area contributed by atoms with Crippen LogP contribution >= 0.6 is 11.8 Å². The molecule has 0 unspecified atom stereocenters. The number of benzene rings is 7. The highest BCUT2D eigenvalue weighted by atomic mass is 32.2. The van der Waals surface area contributed by atoms with Crippen LogP contribution in [-0.4, -0.2) is 6.71 Å². The van der Waals surface area contributed by atoms with Crippen molar-refractivity contribution < 1.29 is 4.42 Å². The van der Waals surface area contributed by atoms with E-state index in [9.17, 15) is 0 Å². The normalized spacial score (nSPS) is 12.9. The second-order valence-electron chi connectivity index (χ2n) is 12.1. The smallest absolute Gasteiger partial charge is 0.294 e. The summed E-state index contributed by atoms with van der Waals surface area (Å²) in [5.41, 5.74) is 11.4. The van der Waals surface area contributed by atoms with Crippen molar-refractivity contribution >= 4 is 90.9 Å². The van der Waals surface area contributed by atoms with Crippen LogP contribution in [0.3, 0.4) is 0 Å². The van der Waals surface area contributed by atoms with Gasteiger partial charge < -0.3 is 14.2 Å². The maximum absolute atomic E-state index is 6.95. The Balaban J connectivity index is 1.17. The fourth-order valence-electron chi connectivity index (χ4n) is 7.48. The molecule has 0 radical (unpaired) electrons. The summed E-state index contributed by atoms with van der Waals surface area (Å²) in [5.74, 6) is 0. The number of hydrogen-bond donors (Lipinski definition) is 0. The van der Waals surface area contributed by atoms with Crippen LogP contribution in [0.25, 0.3) is 21.7 Å². The third-order valence-electron chi connectivity index (χ3n) is 9.47. The lowest BCUT2D eigenvalue weighted by Crippen LogP contribution is -2.59. The second kappa shape index (κ2) is 10.4. The first-order valence-corrected chi connectivity index (χ1v) is 16.8. The van der Waals surface area contributed by atoms with Crippen LogP contribution in [0.5, 0.6) is 0 Å². The van der Waals surface area contributed by atoms with Crippen molar-refractivity contribution in [3.8, 4) is 0 Å². The van der Waals surface area contributed by atoms with E-state index in [1.165, 1.54) is 42.9 Å². The van der Waals surface area contributed by atoms with E-state index in [0.29, 0.717) is 0 Å². The number of rotatable bonds is 4. The average molecular weight is 619 g/mol. The van der Waals surface area contributed by atoms with Gasteiger partial charge in [0, 0.05) is 49.8 Å². The zero-order chi connectivity index (χ0) is 30.9. The number of para-hydroxylation sites is 3. The van der Waals surface area contributed by atoms with E-state index in [2.05, 4.69) is 174 Å². The van der Waals surface area contributed by atoms with Gasteiger partial charge >= 0.3 is 0 Å². The van der Waals surface area contributed by atoms with E-state index in [1.54, 1.807) is 0 Å². The van der Waals surface area contributed by atoms with Gasteiger partial charge in [0.1, 0.15) is 5.58 Å². The van der Waals surface area contributed by atoms with Crippen molar-refractivity contribution in [2.24, 2.45) is 0 Å². The molecule has 0 spiro atoms. The standard InChI is InChI=1S/C42H27BN2OS/c1-3-14-29(15-4-1)44(30-16-5-2-6-17-30)31-18-11-19-32(27-31)45-36-22-10-9-21-35(36)43-39-37(45)23-12-24-38(39)47-41-34-26-25-28-13-7-8-20-33(28)40(34)46-42(41)43/h1-27H. The van der Waals surface area contributed by atoms with Gasteiger partial charge in [-0.05, 0) is 83.0 Å². The molecule has 3 heterocycles. The number of furan rings is 1. The minimum Gasteiger partial charge on any atom is -0.468 e. The molecule has 0 saturated heterocycles. The lowest BCUT2D eigenvalue weighted by Gasteiger charge is -2.39. The molecule has 8 aromatic rings. The van der Waals surface area contributed by atoms with Crippen molar-refractivity contribution in [2.45, 2.75) is 9.79 Å². The van der Waals surface area contributed by atoms with Crippen molar-refractivity contribution in [1.82, 2.24) is 0 Å². The monoisotopic (exact) mass is 618 g/mol. The molecule has 3 nitrogen and oxygen atoms in total. The highest BCUT2D eigenvalue weighted by Crippen LogP contribution is 2.45. The molecular weight excluding hydrogens is 591 g/mol. The van der Waals surface area contributed by atoms with Crippen LogP contribution in [0.4, 0.5) is 34.1 Å². The molecule has 0 amide bonds. The third-order valence-corrected chi connectivity index (χ3v) is 10.7. The first-order chi connectivity index (χ1) is 23.3. The van der Waals surface area contributed by atoms with E-state index in [1.807, 2.05) is 11.8 Å². The molecule has 0 N–H and O–H groups in total. The second-order valence-corrected chi connectivity index (χ2v) is 13.2. The Labute approximate surface area is 277 Å². The summed E-state index contributed by atoms with van der Waals surface area (Å²) in [5, 5.41) is 3.55. The third kappa shape index (κ3) is 4.03. The van der Waals surface area contributed by atoms with E-state index in [0.717, 1.165) is 39.4 Å². The molecule has 5 heteroatoms. The Bertz CT molecular complexity index is 2440. The predicted octanol–water partition coefficient (Wildman–Crippen LogP) is 9.82. The first kappa shape index (κ1) is 26.6. The van der Waals surface area contributed by atoms with Crippen molar-refractivity contribution in [3.63, 3.8) is 0 Å². The SMILES string of the molecule is c1ccc(N(c2ccccc2)c2cccc(N3c4ccccc4B4c5oc6c(ccc7ccccc76)c5Sc5cccc3c54)c2)cc1. The van der Waals surface area contributed by atoms with Gasteiger partial charge in [0.2, 0.25) is 0 Å². The topological polar surface area (TPSA) is 19.6 Å². The summed E-state index contributed by atoms with van der Waals surface area (Å²) < 4.78 is 6.95. The molecule has 47 heavy (non-hydrogen) atoms. The van der Waals surface area contributed by atoms with Crippen molar-refractivity contribution in [1.29, 1.82) is 0 Å². The Morgan fingerprint density at radius 3 is 2.06 bits per heavy atom. The maximum Gasteiger partial charge on any atom is 0.294 e. The van der Waals surface area contributed by atoms with Crippen LogP contribution in [-0.2, 0) is 0 Å². The maximum atomic E-state index is 6.95. The van der Waals surface area contributed by atoms with E-state index >= 15 is 0 Å². The highest BCUT2D eigenvalue weighted by Gasteiger charge is 2.44. The van der Waals surface area contributed by atoms with E-state index in [-0.39, 0.29) is 6.71 Å². The molecule has 0 aliphatic carbocycles. The fourth-order valence-corrected chi connectivity index (χ4v) is 8.71. The van der Waals surface area contributed by atoms with Crippen molar-refractivity contribution in [3.05, 3.63) is 164 Å². The minimum atomic E-state index is 0.00406. The van der Waals surface area contributed by atoms with Gasteiger partial charge in [0.05, 0.1) is 10.6 Å². The highest BCUT2D eigenvalue weighted by molar-refractivity contribution is 8.00. The Morgan fingerprint density at radius 1 is 0.553 bits per heavy atom. The first-order valence-electron chi connectivity index (χ1n) is 16.0. The zero-order valence-corrected chi connectivity index (χ0v) is 26.2. The predicted molar refractivity (Wildman–Crippen MR) is 198 cm³/mol. The number of anilines is 6. The van der Waals surface area contributed by atoms with Crippen molar-refractivity contribution in [2.75, 3.05) is 9.80 Å². The van der Waals surface area contributed by atoms with Gasteiger partial charge in [-0.25, -0.2) is 0 Å². The summed E-state index contributed by atoms with van der Waals surface area (Å²) in [4.78, 5) is 7.27. The summed E-state index contributed by atoms with van der Waals surface area (Å²) in [6.07, 6.45) is 0. The van der Waals surface area contributed by atoms with Gasteiger partial charge in [-0.3, -0.25) is 0 Å². The zero-order valence-electron chi connectivity index (χ0n) is 25.4. The number of nitrogens with zero attached hydrogens (tertiary/aromatic N) is 2. The minimum absolute atomic E-state index is 0.00406. The Hall–Kier alpha value is -5.65. The van der Waals surface area contributed by atoms with Crippen LogP contribution in [0.15, 0.2) is 178 Å². The number of fused-ring (bicyclic) bond motifs is 8. The Kier molecular flexibility index (Phi) is 5.90. The molecular formula is C42H27BN2OS. The largest absolute Gasteiger partial charge is 0.468 e. The molecule has 10 rings (SSSR count). The lowest BCUT2D eigenvalue weighted by molar-refractivity contribution is 0.649. The molecule has 2 aliphatic rings. The van der Waals surface area contributed by atoms with E-state index < -0.39 is 0 Å². The quantitative estimate of drug-likeness (QED) is 0.183. The molecule has 0 bridgehead atoms. The average Bonchev–Trinajstić information content (AvgIpc) is 3.52. The van der Waals surface area contributed by atoms with Gasteiger partial charge in [-0.15, -0.1) is 0 Å². The van der Waals surface area contributed by atoms with Crippen LogP contribution in [0.2, 0.25) is 0 Å². The van der Waals surface area contributed by atoms with Crippen LogP contribution < -0.4 is 26.4 Å². The lowest BCUT2D eigenvalue weighted by atomic mass is 9.37. The summed E-state index contributed by atoms with van der Waals surface area (Å²) in [6, 6.07) is 58.7. The molecule has 0 fully saturated rings. The van der Waals surface area contributed by atoms with Gasteiger partial charge in [0.15, 0.2) is 0 Å². The van der Waals surface area contributed by atoms with Gasteiger partial charge in [-0.2, -0.15) is 0 Å². The summed E-state index contributed by atoms with van der Waals surface area (Å²) in [7, 11) is 0. The number of hydrogen-bond acceptors (Lipinski definition) is 4. The Morgan fingerprint density at radius 2 is 1.23 bits per heavy atom. The molecule has 7 aromatic carbocycles. The molecule has 220 valence electrons. The summed E-state index contributed by atoms with van der Waals surface area (Å²) >= 11 is 1.84. The van der Waals surface area contributed by atoms with Crippen LogP contribution in [0.1, 0.15) is 0 Å². The molecule has 0 saturated carbocycles. The van der Waals surface area contributed by atoms with Gasteiger partial charge in [-0.1, -0.05) is 109 Å². The van der Waals surface area contributed by atoms with Gasteiger partial charge in [0.25, 0.3) is 6.71 Å². The molecule has 0 atom stereocenters. The van der Waals surface area contributed by atoms with E-state index in [4.69, 9.17) is 4.42 Å². The molecule has 1 aromatic heterocycles. The molecule has 2 aliphatic heterocycles. The summed E-state index contributed by atoms with van der Waals surface area (Å²) in [6.45, 7) is 0.00406. The fraction of sp³-hybridized carbons (Fsp3) is 0.